The molecule has 0 fully saturated rings. The van der Waals surface area contributed by atoms with Crippen molar-refractivity contribution in [3.63, 3.8) is 0 Å². The number of nitrogens with one attached hydrogen (secondary N) is 1. The van der Waals surface area contributed by atoms with Crippen molar-refractivity contribution < 1.29 is 9.90 Å². The highest BCUT2D eigenvalue weighted by Gasteiger charge is 2.10. The summed E-state index contributed by atoms with van der Waals surface area (Å²) in [4.78, 5) is 14.0. The van der Waals surface area contributed by atoms with Crippen LogP contribution in [0.2, 0.25) is 5.02 Å². The van der Waals surface area contributed by atoms with Crippen LogP contribution in [0.4, 0.5) is 0 Å². The van der Waals surface area contributed by atoms with Crippen molar-refractivity contribution in [2.75, 3.05) is 0 Å². The first kappa shape index (κ1) is 11.8. The third-order valence-corrected chi connectivity index (χ3v) is 3.29. The molecule has 0 spiro atoms. The summed E-state index contributed by atoms with van der Waals surface area (Å²) in [7, 11) is 0. The van der Waals surface area contributed by atoms with Crippen LogP contribution in [0.5, 0.6) is 0 Å². The van der Waals surface area contributed by atoms with E-state index in [1.54, 1.807) is 6.07 Å². The SMILES string of the molecule is O=C(O)c1cc2cccc(-c3ccc(Cl)cc3)c2[nH]1. The van der Waals surface area contributed by atoms with Crippen molar-refractivity contribution >= 4 is 28.5 Å². The highest BCUT2D eigenvalue weighted by molar-refractivity contribution is 6.30. The van der Waals surface area contributed by atoms with Crippen LogP contribution in [0, 0.1) is 0 Å². The number of para-hydroxylation sites is 1. The van der Waals surface area contributed by atoms with E-state index in [-0.39, 0.29) is 5.69 Å². The van der Waals surface area contributed by atoms with Crippen LogP contribution >= 0.6 is 11.6 Å². The number of halogens is 1. The molecule has 1 aromatic heterocycles. The Morgan fingerprint density at radius 1 is 1.11 bits per heavy atom. The molecule has 0 aliphatic carbocycles. The van der Waals surface area contributed by atoms with Gasteiger partial charge in [-0.25, -0.2) is 4.79 Å². The Bertz CT molecular complexity index is 759. The van der Waals surface area contributed by atoms with Crippen molar-refractivity contribution in [2.24, 2.45) is 0 Å². The van der Waals surface area contributed by atoms with E-state index in [1.807, 2.05) is 42.5 Å². The van der Waals surface area contributed by atoms with E-state index in [2.05, 4.69) is 4.98 Å². The molecule has 1 heterocycles. The predicted octanol–water partition coefficient (Wildman–Crippen LogP) is 4.19. The Hall–Kier alpha value is -2.26. The van der Waals surface area contributed by atoms with Gasteiger partial charge in [-0.05, 0) is 23.8 Å². The van der Waals surface area contributed by atoms with Crippen LogP contribution in [0.1, 0.15) is 10.5 Å². The summed E-state index contributed by atoms with van der Waals surface area (Å²) >= 11 is 5.88. The average molecular weight is 272 g/mol. The van der Waals surface area contributed by atoms with Crippen LogP contribution in [-0.4, -0.2) is 16.1 Å². The van der Waals surface area contributed by atoms with Crippen LogP contribution in [0.15, 0.2) is 48.5 Å². The number of rotatable bonds is 2. The monoisotopic (exact) mass is 271 g/mol. The minimum Gasteiger partial charge on any atom is -0.477 e. The lowest BCUT2D eigenvalue weighted by atomic mass is 10.0. The van der Waals surface area contributed by atoms with Crippen molar-refractivity contribution in [1.82, 2.24) is 4.98 Å². The molecule has 3 rings (SSSR count). The molecule has 3 aromatic rings. The van der Waals surface area contributed by atoms with E-state index in [0.29, 0.717) is 5.02 Å². The fourth-order valence-corrected chi connectivity index (χ4v) is 2.27. The zero-order valence-electron chi connectivity index (χ0n) is 9.85. The summed E-state index contributed by atoms with van der Waals surface area (Å²) in [5, 5.41) is 10.6. The van der Waals surface area contributed by atoms with Crippen molar-refractivity contribution in [2.45, 2.75) is 0 Å². The fourth-order valence-electron chi connectivity index (χ4n) is 2.14. The van der Waals surface area contributed by atoms with Gasteiger partial charge in [0.25, 0.3) is 0 Å². The first-order chi connectivity index (χ1) is 9.15. The fraction of sp³-hybridized carbons (Fsp3) is 0. The normalized spacial score (nSPS) is 10.8. The molecule has 94 valence electrons. The zero-order valence-corrected chi connectivity index (χ0v) is 10.6. The van der Waals surface area contributed by atoms with Gasteiger partial charge in [-0.2, -0.15) is 0 Å². The summed E-state index contributed by atoms with van der Waals surface area (Å²) in [6.07, 6.45) is 0. The minimum atomic E-state index is -0.960. The van der Waals surface area contributed by atoms with Gasteiger partial charge in [0, 0.05) is 16.0 Å². The molecule has 0 aliphatic rings. The first-order valence-corrected chi connectivity index (χ1v) is 6.14. The lowest BCUT2D eigenvalue weighted by Crippen LogP contribution is -1.95. The molecular formula is C15H10ClNO2. The Morgan fingerprint density at radius 3 is 2.53 bits per heavy atom. The quantitative estimate of drug-likeness (QED) is 0.734. The zero-order chi connectivity index (χ0) is 13.4. The third-order valence-electron chi connectivity index (χ3n) is 3.04. The Balaban J connectivity index is 2.23. The van der Waals surface area contributed by atoms with E-state index >= 15 is 0 Å². The van der Waals surface area contributed by atoms with Gasteiger partial charge < -0.3 is 10.1 Å². The number of aromatic nitrogens is 1. The van der Waals surface area contributed by atoms with E-state index in [0.717, 1.165) is 22.0 Å². The molecule has 0 unspecified atom stereocenters. The lowest BCUT2D eigenvalue weighted by molar-refractivity contribution is 0.0691. The maximum Gasteiger partial charge on any atom is 0.352 e. The highest BCUT2D eigenvalue weighted by atomic mass is 35.5. The molecule has 0 saturated heterocycles. The Labute approximate surface area is 114 Å². The van der Waals surface area contributed by atoms with E-state index in [4.69, 9.17) is 16.7 Å². The second kappa shape index (κ2) is 4.44. The highest BCUT2D eigenvalue weighted by Crippen LogP contribution is 2.29. The van der Waals surface area contributed by atoms with Gasteiger partial charge in [-0.15, -0.1) is 0 Å². The number of fused-ring (bicyclic) bond motifs is 1. The lowest BCUT2D eigenvalue weighted by Gasteiger charge is -2.03. The molecule has 0 aliphatic heterocycles. The number of hydrogen-bond donors (Lipinski definition) is 2. The molecule has 0 amide bonds. The van der Waals surface area contributed by atoms with Gasteiger partial charge in [-0.3, -0.25) is 0 Å². The number of benzene rings is 2. The van der Waals surface area contributed by atoms with Crippen LogP contribution < -0.4 is 0 Å². The molecule has 4 heteroatoms. The second-order valence-electron chi connectivity index (χ2n) is 4.26. The number of aromatic amines is 1. The molecule has 0 bridgehead atoms. The predicted molar refractivity (Wildman–Crippen MR) is 75.7 cm³/mol. The van der Waals surface area contributed by atoms with Crippen LogP contribution in [0.25, 0.3) is 22.0 Å². The molecule has 2 aromatic carbocycles. The topological polar surface area (TPSA) is 53.1 Å². The number of carbonyl (C=O) groups is 1. The van der Waals surface area contributed by atoms with E-state index in [1.165, 1.54) is 0 Å². The first-order valence-electron chi connectivity index (χ1n) is 5.76. The van der Waals surface area contributed by atoms with E-state index < -0.39 is 5.97 Å². The third kappa shape index (κ3) is 2.09. The maximum absolute atomic E-state index is 11.0. The summed E-state index contributed by atoms with van der Waals surface area (Å²) < 4.78 is 0. The Morgan fingerprint density at radius 2 is 1.84 bits per heavy atom. The molecular weight excluding hydrogens is 262 g/mol. The van der Waals surface area contributed by atoms with Crippen LogP contribution in [-0.2, 0) is 0 Å². The molecule has 0 saturated carbocycles. The number of hydrogen-bond acceptors (Lipinski definition) is 1. The molecule has 3 nitrogen and oxygen atoms in total. The van der Waals surface area contributed by atoms with Crippen LogP contribution in [0.3, 0.4) is 0 Å². The summed E-state index contributed by atoms with van der Waals surface area (Å²) in [6, 6.07) is 14.8. The van der Waals surface area contributed by atoms with Gasteiger partial charge in [0.1, 0.15) is 5.69 Å². The summed E-state index contributed by atoms with van der Waals surface area (Å²) in [5.41, 5.74) is 2.97. The van der Waals surface area contributed by atoms with Gasteiger partial charge in [0.15, 0.2) is 0 Å². The van der Waals surface area contributed by atoms with Gasteiger partial charge in [-0.1, -0.05) is 41.9 Å². The standard InChI is InChI=1S/C15H10ClNO2/c16-11-6-4-9(5-7-11)12-3-1-2-10-8-13(15(18)19)17-14(10)12/h1-8,17H,(H,18,19). The summed E-state index contributed by atoms with van der Waals surface area (Å²) in [5.74, 6) is -0.960. The second-order valence-corrected chi connectivity index (χ2v) is 4.70. The minimum absolute atomic E-state index is 0.191. The average Bonchev–Trinajstić information content (AvgIpc) is 2.83. The van der Waals surface area contributed by atoms with Crippen molar-refractivity contribution in [3.8, 4) is 11.1 Å². The van der Waals surface area contributed by atoms with E-state index in [9.17, 15) is 4.79 Å². The molecule has 0 radical (unpaired) electrons. The van der Waals surface area contributed by atoms with Gasteiger partial charge in [0.05, 0.1) is 5.52 Å². The smallest absolute Gasteiger partial charge is 0.352 e. The van der Waals surface area contributed by atoms with Gasteiger partial charge >= 0.3 is 5.97 Å². The molecule has 19 heavy (non-hydrogen) atoms. The summed E-state index contributed by atoms with van der Waals surface area (Å²) in [6.45, 7) is 0. The molecule has 0 atom stereocenters. The molecule has 2 N–H and O–H groups in total. The number of aromatic carboxylic acids is 1. The maximum atomic E-state index is 11.0. The number of carboxylic acid groups (broad SMARTS) is 1. The van der Waals surface area contributed by atoms with Gasteiger partial charge in [0.2, 0.25) is 0 Å². The van der Waals surface area contributed by atoms with Crippen molar-refractivity contribution in [3.05, 3.63) is 59.2 Å². The number of H-pyrrole nitrogens is 1. The largest absolute Gasteiger partial charge is 0.477 e. The van der Waals surface area contributed by atoms with Crippen molar-refractivity contribution in [1.29, 1.82) is 0 Å². The number of carboxylic acids is 1. The Kier molecular flexibility index (Phi) is 2.76.